The van der Waals surface area contributed by atoms with Crippen molar-refractivity contribution in [1.29, 1.82) is 5.41 Å². The highest BCUT2D eigenvalue weighted by molar-refractivity contribution is 6.10. The monoisotopic (exact) mass is 436 g/mol. The number of nitrogens with zero attached hydrogens (tertiary/aromatic N) is 2. The molecule has 0 amide bonds. The summed E-state index contributed by atoms with van der Waals surface area (Å²) < 4.78 is 10.3. The number of benzene rings is 1. The number of ether oxygens (including phenoxy) is 2. The van der Waals surface area contributed by atoms with Gasteiger partial charge in [-0.2, -0.15) is 0 Å². The summed E-state index contributed by atoms with van der Waals surface area (Å²) in [5.74, 6) is 0.847. The van der Waals surface area contributed by atoms with Crippen LogP contribution >= 0.6 is 0 Å². The van der Waals surface area contributed by atoms with Crippen LogP contribution in [0.1, 0.15) is 48.2 Å². The lowest BCUT2D eigenvalue weighted by molar-refractivity contribution is 0.0594. The van der Waals surface area contributed by atoms with E-state index in [1.807, 2.05) is 30.3 Å². The number of para-hydroxylation sites is 1. The van der Waals surface area contributed by atoms with Crippen LogP contribution in [0.15, 0.2) is 36.4 Å². The van der Waals surface area contributed by atoms with E-state index >= 15 is 0 Å². The van der Waals surface area contributed by atoms with E-state index in [2.05, 4.69) is 15.2 Å². The van der Waals surface area contributed by atoms with Gasteiger partial charge in [0.05, 0.1) is 18.4 Å². The third-order valence-corrected chi connectivity index (χ3v) is 6.57. The largest absolute Gasteiger partial charge is 0.464 e. The van der Waals surface area contributed by atoms with Crippen LogP contribution in [0.2, 0.25) is 0 Å². The third kappa shape index (κ3) is 4.78. The molecule has 0 radical (unpaired) electrons. The van der Waals surface area contributed by atoms with Gasteiger partial charge in [0.25, 0.3) is 0 Å². The van der Waals surface area contributed by atoms with E-state index in [1.54, 1.807) is 13.2 Å². The summed E-state index contributed by atoms with van der Waals surface area (Å²) in [6.07, 6.45) is 5.23. The van der Waals surface area contributed by atoms with Gasteiger partial charge in [-0.05, 0) is 49.8 Å². The molecule has 7 nitrogen and oxygen atoms in total. The normalized spacial score (nSPS) is 17.0. The second kappa shape index (κ2) is 10.1. The Morgan fingerprint density at radius 1 is 1.16 bits per heavy atom. The first kappa shape index (κ1) is 22.3. The fraction of sp³-hybridized carbons (Fsp3) is 0.480. The number of nitrogens with one attached hydrogen (secondary N) is 2. The Bertz CT molecular complexity index is 951. The smallest absolute Gasteiger partial charge is 0.356 e. The molecule has 2 aromatic rings. The molecule has 2 aliphatic rings. The second-order valence-electron chi connectivity index (χ2n) is 8.66. The van der Waals surface area contributed by atoms with Crippen LogP contribution in [0.3, 0.4) is 0 Å². The molecular weight excluding hydrogens is 404 g/mol. The molecule has 2 heterocycles. The van der Waals surface area contributed by atoms with Crippen molar-refractivity contribution in [3.63, 3.8) is 0 Å². The van der Waals surface area contributed by atoms with Gasteiger partial charge in [-0.3, -0.25) is 0 Å². The molecule has 170 valence electrons. The van der Waals surface area contributed by atoms with Crippen molar-refractivity contribution in [1.82, 2.24) is 4.98 Å². The Balaban J connectivity index is 1.77. The van der Waals surface area contributed by atoms with Gasteiger partial charge in [0.15, 0.2) is 5.69 Å². The lowest BCUT2D eigenvalue weighted by Gasteiger charge is -2.36. The predicted octanol–water partition coefficient (Wildman–Crippen LogP) is 4.64. The summed E-state index contributed by atoms with van der Waals surface area (Å²) in [6, 6.07) is 11.6. The van der Waals surface area contributed by atoms with E-state index in [-0.39, 0.29) is 11.6 Å². The van der Waals surface area contributed by atoms with E-state index in [1.165, 1.54) is 7.11 Å². The molecule has 0 unspecified atom stereocenters. The predicted molar refractivity (Wildman–Crippen MR) is 126 cm³/mol. The first-order valence-electron chi connectivity index (χ1n) is 11.4. The van der Waals surface area contributed by atoms with Gasteiger partial charge in [0, 0.05) is 44.1 Å². The molecule has 0 spiro atoms. The first-order chi connectivity index (χ1) is 15.6. The topological polar surface area (TPSA) is 87.5 Å². The summed E-state index contributed by atoms with van der Waals surface area (Å²) in [5, 5.41) is 12.4. The number of anilines is 3. The zero-order valence-corrected chi connectivity index (χ0v) is 18.9. The molecular formula is C25H32N4O3. The third-order valence-electron chi connectivity index (χ3n) is 6.57. The van der Waals surface area contributed by atoms with E-state index in [4.69, 9.17) is 14.9 Å². The number of methoxy groups -OCH3 is 2. The summed E-state index contributed by atoms with van der Waals surface area (Å²) in [6.45, 7) is 2.48. The Kier molecular flexibility index (Phi) is 7.05. The van der Waals surface area contributed by atoms with Crippen LogP contribution in [0.4, 0.5) is 17.2 Å². The average molecular weight is 437 g/mol. The van der Waals surface area contributed by atoms with Gasteiger partial charge in [-0.25, -0.2) is 9.78 Å². The number of carbonyl (C=O) groups excluding carboxylic acids is 1. The minimum Gasteiger partial charge on any atom is -0.464 e. The van der Waals surface area contributed by atoms with Crippen molar-refractivity contribution in [2.24, 2.45) is 11.8 Å². The molecule has 2 fully saturated rings. The highest BCUT2D eigenvalue weighted by atomic mass is 16.5. The van der Waals surface area contributed by atoms with Gasteiger partial charge in [-0.15, -0.1) is 0 Å². The molecule has 4 rings (SSSR count). The van der Waals surface area contributed by atoms with Crippen LogP contribution in [0.5, 0.6) is 0 Å². The maximum Gasteiger partial charge on any atom is 0.356 e. The van der Waals surface area contributed by atoms with Crippen LogP contribution in [-0.2, 0) is 9.47 Å². The van der Waals surface area contributed by atoms with Crippen molar-refractivity contribution < 1.29 is 14.3 Å². The molecule has 1 saturated carbocycles. The first-order valence-corrected chi connectivity index (χ1v) is 11.4. The maximum atomic E-state index is 12.5. The quantitative estimate of drug-likeness (QED) is 0.463. The number of rotatable bonds is 8. The second-order valence-corrected chi connectivity index (χ2v) is 8.66. The molecule has 2 N–H and O–H groups in total. The van der Waals surface area contributed by atoms with Crippen molar-refractivity contribution >= 4 is 28.9 Å². The van der Waals surface area contributed by atoms with Crippen LogP contribution < -0.4 is 10.2 Å². The zero-order valence-electron chi connectivity index (χ0n) is 18.9. The fourth-order valence-corrected chi connectivity index (χ4v) is 4.48. The van der Waals surface area contributed by atoms with Gasteiger partial charge in [0.1, 0.15) is 5.82 Å². The maximum absolute atomic E-state index is 12.5. The van der Waals surface area contributed by atoms with Crippen molar-refractivity contribution in [2.75, 3.05) is 44.1 Å². The lowest BCUT2D eigenvalue weighted by Crippen LogP contribution is -2.37. The Morgan fingerprint density at radius 2 is 1.88 bits per heavy atom. The number of hydrogen-bond acceptors (Lipinski definition) is 7. The van der Waals surface area contributed by atoms with Gasteiger partial charge < -0.3 is 25.1 Å². The minimum atomic E-state index is -0.474. The van der Waals surface area contributed by atoms with Crippen molar-refractivity contribution in [2.45, 2.75) is 32.1 Å². The summed E-state index contributed by atoms with van der Waals surface area (Å²) in [7, 11) is 3.12. The Hall–Kier alpha value is -2.93. The van der Waals surface area contributed by atoms with Crippen molar-refractivity contribution in [3.8, 4) is 0 Å². The van der Waals surface area contributed by atoms with E-state index in [0.717, 1.165) is 68.7 Å². The average Bonchev–Trinajstić information content (AvgIpc) is 2.78. The number of aromatic nitrogens is 1. The van der Waals surface area contributed by atoms with E-state index < -0.39 is 5.97 Å². The highest BCUT2D eigenvalue weighted by Crippen LogP contribution is 2.38. The molecule has 7 heteroatoms. The Morgan fingerprint density at radius 3 is 2.47 bits per heavy atom. The van der Waals surface area contributed by atoms with E-state index in [0.29, 0.717) is 17.4 Å². The fourth-order valence-electron chi connectivity index (χ4n) is 4.48. The number of piperidine rings is 1. The van der Waals surface area contributed by atoms with E-state index in [9.17, 15) is 4.79 Å². The number of pyridine rings is 1. The standard InChI is InChI=1S/C25H32N4O3/c1-31-16-17-11-13-29(14-12-17)21-15-20(25(30)32-2)28-24(27-19-9-4-3-5-10-19)22(21)23(26)18-7-6-8-18/h3-5,9-10,15,17-18,26H,6-8,11-14,16H2,1-2H3,(H,27,28). The molecule has 0 atom stereocenters. The van der Waals surface area contributed by atoms with Crippen LogP contribution in [-0.4, -0.2) is 50.6 Å². The number of hydrogen-bond donors (Lipinski definition) is 2. The molecule has 1 aliphatic heterocycles. The summed E-state index contributed by atoms with van der Waals surface area (Å²) in [5.41, 5.74) is 3.43. The number of carbonyl (C=O) groups is 1. The van der Waals surface area contributed by atoms with Crippen molar-refractivity contribution in [3.05, 3.63) is 47.7 Å². The van der Waals surface area contributed by atoms with Gasteiger partial charge in [-0.1, -0.05) is 24.6 Å². The van der Waals surface area contributed by atoms with Crippen LogP contribution in [0.25, 0.3) is 0 Å². The molecule has 1 saturated heterocycles. The molecule has 1 aromatic carbocycles. The Labute approximate surface area is 189 Å². The SMILES string of the molecule is COCC1CCN(c2cc(C(=O)OC)nc(Nc3ccccc3)c2C(=N)C2CCC2)CC1. The molecule has 1 aromatic heterocycles. The van der Waals surface area contributed by atoms with Crippen LogP contribution in [0, 0.1) is 17.2 Å². The molecule has 0 bridgehead atoms. The zero-order chi connectivity index (χ0) is 22.5. The lowest BCUT2D eigenvalue weighted by atomic mass is 9.79. The minimum absolute atomic E-state index is 0.238. The molecule has 1 aliphatic carbocycles. The molecule has 32 heavy (non-hydrogen) atoms. The summed E-state index contributed by atoms with van der Waals surface area (Å²) >= 11 is 0. The van der Waals surface area contributed by atoms with Gasteiger partial charge >= 0.3 is 5.97 Å². The highest BCUT2D eigenvalue weighted by Gasteiger charge is 2.31. The van der Waals surface area contributed by atoms with Gasteiger partial charge in [0.2, 0.25) is 0 Å². The summed E-state index contributed by atoms with van der Waals surface area (Å²) in [4.78, 5) is 19.4. The number of esters is 1.